The van der Waals surface area contributed by atoms with Crippen molar-refractivity contribution >= 4 is 11.8 Å². The first-order valence-electron chi connectivity index (χ1n) is 7.39. The minimum absolute atomic E-state index is 0.0326. The zero-order valence-corrected chi connectivity index (χ0v) is 13.2. The molecular weight excluding hydrogens is 354 g/mol. The van der Waals surface area contributed by atoms with Crippen LogP contribution in [-0.4, -0.2) is 55.6 Å². The number of piperazine rings is 1. The monoisotopic (exact) mass is 370 g/mol. The minimum atomic E-state index is -5.71. The second-order valence-corrected chi connectivity index (χ2v) is 5.66. The maximum absolute atomic E-state index is 12.4. The van der Waals surface area contributed by atoms with E-state index in [4.69, 9.17) is 0 Å². The fourth-order valence-electron chi connectivity index (χ4n) is 2.40. The quantitative estimate of drug-likeness (QED) is 0.744. The average Bonchev–Trinajstić information content (AvgIpc) is 2.51. The highest BCUT2D eigenvalue weighted by Crippen LogP contribution is 2.36. The summed E-state index contributed by atoms with van der Waals surface area (Å²) in [5.74, 6) is 0. The topological polar surface area (TPSA) is 32.8 Å². The number of hydrogen-bond donors (Lipinski definition) is 0. The van der Waals surface area contributed by atoms with Crippen molar-refractivity contribution in [2.24, 2.45) is 0 Å². The van der Waals surface area contributed by atoms with Crippen molar-refractivity contribution in [2.75, 3.05) is 31.1 Å². The zero-order chi connectivity index (χ0) is 18.8. The first-order valence-corrected chi connectivity index (χ1v) is 7.39. The summed E-state index contributed by atoms with van der Waals surface area (Å²) in [4.78, 5) is 14.4. The van der Waals surface area contributed by atoms with E-state index in [0.717, 1.165) is 16.2 Å². The second kappa shape index (κ2) is 7.01. The van der Waals surface area contributed by atoms with Gasteiger partial charge in [-0.15, -0.1) is 0 Å². The minimum Gasteiger partial charge on any atom is -0.426 e. The molecule has 0 atom stereocenters. The van der Waals surface area contributed by atoms with E-state index in [1.54, 1.807) is 0 Å². The number of alkyl halides is 6. The maximum Gasteiger partial charge on any atom is 0.434 e. The molecule has 0 spiro atoms. The van der Waals surface area contributed by atoms with E-state index in [1.807, 2.05) is 36.1 Å². The molecule has 0 radical (unpaired) electrons. The number of hydrogen-bond acceptors (Lipinski definition) is 3. The predicted octanol–water partition coefficient (Wildman–Crippen LogP) is 3.75. The van der Waals surface area contributed by atoms with Crippen molar-refractivity contribution in [3.63, 3.8) is 0 Å². The summed E-state index contributed by atoms with van der Waals surface area (Å²) in [6.45, 7) is 2.40. The van der Waals surface area contributed by atoms with Crippen LogP contribution in [0.25, 0.3) is 0 Å². The lowest BCUT2D eigenvalue weighted by Crippen LogP contribution is -2.52. The summed E-state index contributed by atoms with van der Waals surface area (Å²) in [5.41, 5.74) is 1.92. The van der Waals surface area contributed by atoms with Gasteiger partial charge in [0.2, 0.25) is 0 Å². The van der Waals surface area contributed by atoms with Crippen LogP contribution < -0.4 is 4.90 Å². The molecule has 4 nitrogen and oxygen atoms in total. The molecule has 25 heavy (non-hydrogen) atoms. The number of halogens is 6. The summed E-state index contributed by atoms with van der Waals surface area (Å²) in [7, 11) is 0. The van der Waals surface area contributed by atoms with E-state index in [0.29, 0.717) is 0 Å². The van der Waals surface area contributed by atoms with Crippen molar-refractivity contribution < 1.29 is 35.9 Å². The smallest absolute Gasteiger partial charge is 0.426 e. The normalized spacial score (nSPS) is 16.3. The Kier molecular flexibility index (Phi) is 5.38. The fourth-order valence-corrected chi connectivity index (χ4v) is 2.40. The van der Waals surface area contributed by atoms with Gasteiger partial charge in [0, 0.05) is 31.9 Å². The van der Waals surface area contributed by atoms with Gasteiger partial charge in [0.1, 0.15) is 0 Å². The van der Waals surface area contributed by atoms with E-state index in [1.165, 1.54) is 0 Å². The van der Waals surface area contributed by atoms with Crippen LogP contribution in [-0.2, 0) is 4.74 Å². The molecular formula is C15H16F6N2O2. The third kappa shape index (κ3) is 4.93. The number of carbonyl (C=O) groups excluding carboxylic acids is 1. The Morgan fingerprint density at radius 2 is 1.44 bits per heavy atom. The molecule has 10 heteroatoms. The molecule has 1 fully saturated rings. The second-order valence-electron chi connectivity index (χ2n) is 5.66. The third-order valence-corrected chi connectivity index (χ3v) is 3.75. The molecule has 1 saturated heterocycles. The van der Waals surface area contributed by atoms with Crippen molar-refractivity contribution in [1.82, 2.24) is 4.90 Å². The number of benzene rings is 1. The van der Waals surface area contributed by atoms with Crippen LogP contribution in [0.5, 0.6) is 0 Å². The highest BCUT2D eigenvalue weighted by molar-refractivity contribution is 5.68. The SMILES string of the molecule is Cc1ccc(N2CCN(C(=O)OC(C(F)(F)F)C(F)(F)F)CC2)cc1. The van der Waals surface area contributed by atoms with Crippen LogP contribution in [0.2, 0.25) is 0 Å². The molecule has 1 aromatic rings. The molecule has 0 N–H and O–H groups in total. The summed E-state index contributed by atoms with van der Waals surface area (Å²) in [6, 6.07) is 7.47. The van der Waals surface area contributed by atoms with Gasteiger partial charge >= 0.3 is 18.4 Å². The third-order valence-electron chi connectivity index (χ3n) is 3.75. The first-order chi connectivity index (χ1) is 11.5. The highest BCUT2D eigenvalue weighted by Gasteiger charge is 2.60. The molecule has 0 unspecified atom stereocenters. The number of aryl methyl sites for hydroxylation is 1. The Hall–Kier alpha value is -2.13. The lowest BCUT2D eigenvalue weighted by molar-refractivity contribution is -0.308. The standard InChI is InChI=1S/C15H16F6N2O2/c1-10-2-4-11(5-3-10)22-6-8-23(9-7-22)13(24)25-12(14(16,17)18)15(19,20)21/h2-5,12H,6-9H2,1H3. The van der Waals surface area contributed by atoms with E-state index in [9.17, 15) is 31.1 Å². The van der Waals surface area contributed by atoms with Crippen LogP contribution >= 0.6 is 0 Å². The van der Waals surface area contributed by atoms with Crippen LogP contribution in [0.3, 0.4) is 0 Å². The van der Waals surface area contributed by atoms with Gasteiger partial charge in [-0.1, -0.05) is 17.7 Å². The number of rotatable bonds is 2. The van der Waals surface area contributed by atoms with Crippen LogP contribution in [0.4, 0.5) is 36.8 Å². The summed E-state index contributed by atoms with van der Waals surface area (Å²) in [5, 5.41) is 0. The molecule has 0 aromatic heterocycles. The number of ether oxygens (including phenoxy) is 1. The molecule has 1 aliphatic heterocycles. The summed E-state index contributed by atoms with van der Waals surface area (Å²) < 4.78 is 78.3. The van der Waals surface area contributed by atoms with E-state index in [-0.39, 0.29) is 26.2 Å². The van der Waals surface area contributed by atoms with Crippen molar-refractivity contribution in [1.29, 1.82) is 0 Å². The van der Waals surface area contributed by atoms with Crippen molar-refractivity contribution in [3.05, 3.63) is 29.8 Å². The van der Waals surface area contributed by atoms with Gasteiger partial charge < -0.3 is 14.5 Å². The summed E-state index contributed by atoms with van der Waals surface area (Å²) in [6.07, 6.45) is -17.2. The van der Waals surface area contributed by atoms with Crippen LogP contribution in [0, 0.1) is 6.92 Å². The molecule has 0 saturated carbocycles. The maximum atomic E-state index is 12.4. The fraction of sp³-hybridized carbons (Fsp3) is 0.533. The zero-order valence-electron chi connectivity index (χ0n) is 13.2. The lowest BCUT2D eigenvalue weighted by Gasteiger charge is -2.36. The molecule has 0 aliphatic carbocycles. The van der Waals surface area contributed by atoms with Gasteiger partial charge in [-0.25, -0.2) is 4.79 Å². The Labute approximate surface area is 139 Å². The Morgan fingerprint density at radius 3 is 1.88 bits per heavy atom. The first kappa shape index (κ1) is 19.2. The van der Waals surface area contributed by atoms with Gasteiger partial charge in [0.15, 0.2) is 0 Å². The molecule has 1 amide bonds. The van der Waals surface area contributed by atoms with Gasteiger partial charge in [-0.3, -0.25) is 0 Å². The highest BCUT2D eigenvalue weighted by atomic mass is 19.4. The van der Waals surface area contributed by atoms with Crippen molar-refractivity contribution in [2.45, 2.75) is 25.4 Å². The number of nitrogens with zero attached hydrogens (tertiary/aromatic N) is 2. The molecule has 0 bridgehead atoms. The van der Waals surface area contributed by atoms with E-state index in [2.05, 4.69) is 4.74 Å². The van der Waals surface area contributed by atoms with E-state index < -0.39 is 24.5 Å². The number of anilines is 1. The van der Waals surface area contributed by atoms with Gasteiger partial charge in [0.25, 0.3) is 6.10 Å². The molecule has 1 aliphatic rings. The molecule has 140 valence electrons. The largest absolute Gasteiger partial charge is 0.434 e. The van der Waals surface area contributed by atoms with Crippen LogP contribution in [0.1, 0.15) is 5.56 Å². The van der Waals surface area contributed by atoms with Crippen LogP contribution in [0.15, 0.2) is 24.3 Å². The predicted molar refractivity (Wildman–Crippen MR) is 77.3 cm³/mol. The Morgan fingerprint density at radius 1 is 0.960 bits per heavy atom. The molecule has 1 aromatic carbocycles. The molecule has 1 heterocycles. The Bertz CT molecular complexity index is 578. The van der Waals surface area contributed by atoms with Gasteiger partial charge in [-0.05, 0) is 19.1 Å². The number of carbonyl (C=O) groups is 1. The summed E-state index contributed by atoms with van der Waals surface area (Å²) >= 11 is 0. The van der Waals surface area contributed by atoms with Crippen molar-refractivity contribution in [3.8, 4) is 0 Å². The van der Waals surface area contributed by atoms with E-state index >= 15 is 0 Å². The average molecular weight is 370 g/mol. The lowest BCUT2D eigenvalue weighted by atomic mass is 10.2. The number of amides is 1. The molecule has 2 rings (SSSR count). The van der Waals surface area contributed by atoms with Gasteiger partial charge in [0.05, 0.1) is 0 Å². The van der Waals surface area contributed by atoms with Gasteiger partial charge in [-0.2, -0.15) is 26.3 Å². The Balaban J connectivity index is 1.95.